The van der Waals surface area contributed by atoms with Crippen molar-refractivity contribution in [2.75, 3.05) is 34.4 Å². The van der Waals surface area contributed by atoms with Gasteiger partial charge in [-0.3, -0.25) is 14.2 Å². The van der Waals surface area contributed by atoms with Crippen molar-refractivity contribution in [3.05, 3.63) is 0 Å². The van der Waals surface area contributed by atoms with Gasteiger partial charge in [0, 0.05) is 27.7 Å². The van der Waals surface area contributed by atoms with E-state index in [9.17, 15) is 23.8 Å². The molecule has 0 fully saturated rings. The van der Waals surface area contributed by atoms with Crippen molar-refractivity contribution >= 4 is 25.7 Å². The number of hydrogen-bond donors (Lipinski definition) is 4. The molecule has 0 aromatic carbocycles. The van der Waals surface area contributed by atoms with Crippen LogP contribution in [0.1, 0.15) is 85.5 Å². The lowest BCUT2D eigenvalue weighted by Gasteiger charge is -2.19. The first kappa shape index (κ1) is 36.9. The molecule has 0 aromatic rings. The van der Waals surface area contributed by atoms with Crippen LogP contribution in [0, 0.1) is 0 Å². The summed E-state index contributed by atoms with van der Waals surface area (Å²) in [6.45, 7) is 0.676. The molecule has 0 saturated heterocycles. The standard InChI is InChI=1S/C20H41N4O7P.2CH4/c1-21-18(25)16-17(19(26)22-2)24-20(27)23-14-12-10-8-6-4-5-7-9-11-13-15-31-32(28,29)30-3;;/h17H,4-16H2,1-3H3,(H,21,25)(H,22,26)(H,28,29)(H2,23,24,27);2*1H4/p-1. The highest BCUT2D eigenvalue weighted by Crippen LogP contribution is 2.36. The predicted molar refractivity (Wildman–Crippen MR) is 133 cm³/mol. The number of carbonyl (C=O) groups is 3. The lowest BCUT2D eigenvalue weighted by Crippen LogP contribution is -2.51. The Morgan fingerprint density at radius 3 is 1.82 bits per heavy atom. The van der Waals surface area contributed by atoms with Crippen molar-refractivity contribution in [3.63, 3.8) is 0 Å². The van der Waals surface area contributed by atoms with Crippen molar-refractivity contribution in [3.8, 4) is 0 Å². The molecule has 2 atom stereocenters. The minimum atomic E-state index is -4.09. The summed E-state index contributed by atoms with van der Waals surface area (Å²) >= 11 is 0. The quantitative estimate of drug-likeness (QED) is 0.153. The summed E-state index contributed by atoms with van der Waals surface area (Å²) in [5.74, 6) is -0.748. The largest absolute Gasteiger partial charge is 0.756 e. The minimum absolute atomic E-state index is 0. The number of nitrogens with one attached hydrogen (secondary N) is 4. The van der Waals surface area contributed by atoms with Crippen LogP contribution in [-0.4, -0.2) is 58.2 Å². The Morgan fingerprint density at radius 1 is 0.853 bits per heavy atom. The smallest absolute Gasteiger partial charge is 0.315 e. The van der Waals surface area contributed by atoms with Gasteiger partial charge in [-0.25, -0.2) is 4.79 Å². The van der Waals surface area contributed by atoms with E-state index in [4.69, 9.17) is 0 Å². The van der Waals surface area contributed by atoms with Crippen LogP contribution in [0.2, 0.25) is 0 Å². The fourth-order valence-electron chi connectivity index (χ4n) is 2.95. The summed E-state index contributed by atoms with van der Waals surface area (Å²) in [5, 5.41) is 10.1. The van der Waals surface area contributed by atoms with Crippen molar-refractivity contribution < 1.29 is 32.9 Å². The molecule has 0 aliphatic carbocycles. The zero-order chi connectivity index (χ0) is 24.2. The van der Waals surface area contributed by atoms with Crippen LogP contribution in [-0.2, 0) is 23.2 Å². The fraction of sp³-hybridized carbons (Fsp3) is 0.864. The molecule has 0 bridgehead atoms. The maximum Gasteiger partial charge on any atom is 0.315 e. The van der Waals surface area contributed by atoms with Gasteiger partial charge in [-0.15, -0.1) is 0 Å². The number of phosphoric ester groups is 1. The van der Waals surface area contributed by atoms with Gasteiger partial charge in [0.1, 0.15) is 6.04 Å². The molecule has 0 aliphatic rings. The van der Waals surface area contributed by atoms with Crippen LogP contribution < -0.4 is 26.2 Å². The van der Waals surface area contributed by atoms with Crippen LogP contribution in [0.4, 0.5) is 4.79 Å². The number of hydrogen-bond acceptors (Lipinski definition) is 7. The zero-order valence-electron chi connectivity index (χ0n) is 19.6. The van der Waals surface area contributed by atoms with Crippen LogP contribution >= 0.6 is 7.82 Å². The van der Waals surface area contributed by atoms with Crippen molar-refractivity contribution in [1.29, 1.82) is 0 Å². The monoisotopic (exact) mass is 511 g/mol. The van der Waals surface area contributed by atoms with Crippen molar-refractivity contribution in [1.82, 2.24) is 21.3 Å². The summed E-state index contributed by atoms with van der Waals surface area (Å²) < 4.78 is 19.9. The average Bonchev–Trinajstić information content (AvgIpc) is 2.77. The van der Waals surface area contributed by atoms with E-state index in [1.807, 2.05) is 0 Å². The molecule has 11 nitrogen and oxygen atoms in total. The van der Waals surface area contributed by atoms with Gasteiger partial charge in [-0.05, 0) is 12.8 Å². The predicted octanol–water partition coefficient (Wildman–Crippen LogP) is 2.84. The number of unbranched alkanes of at least 4 members (excludes halogenated alkanes) is 9. The Morgan fingerprint density at radius 2 is 1.35 bits per heavy atom. The second kappa shape index (κ2) is 23.1. The average molecular weight is 512 g/mol. The SMILES string of the molecule is C.C.CNC(=O)CC(NC(=O)NCCCCCCCCCCCCOP(=O)([O-])OC)C(=O)NC. The molecule has 0 saturated carbocycles. The first-order valence-electron chi connectivity index (χ1n) is 11.2. The Labute approximate surface area is 206 Å². The van der Waals surface area contributed by atoms with E-state index in [0.29, 0.717) is 13.0 Å². The highest BCUT2D eigenvalue weighted by Gasteiger charge is 2.22. The normalized spacial score (nSPS) is 12.8. The van der Waals surface area contributed by atoms with E-state index in [2.05, 4.69) is 30.3 Å². The molecule has 2 unspecified atom stereocenters. The van der Waals surface area contributed by atoms with Crippen molar-refractivity contribution in [2.24, 2.45) is 0 Å². The van der Waals surface area contributed by atoms with Crippen LogP contribution in [0.3, 0.4) is 0 Å². The highest BCUT2D eigenvalue weighted by molar-refractivity contribution is 7.45. The number of likely N-dealkylation sites (N-methyl/N-ethyl adjacent to an activating group) is 1. The first-order valence-corrected chi connectivity index (χ1v) is 12.7. The molecule has 0 radical (unpaired) electrons. The Hall–Kier alpha value is -1.68. The molecule has 0 spiro atoms. The van der Waals surface area contributed by atoms with E-state index >= 15 is 0 Å². The van der Waals surface area contributed by atoms with E-state index in [1.54, 1.807) is 0 Å². The molecule has 34 heavy (non-hydrogen) atoms. The van der Waals surface area contributed by atoms with E-state index < -0.39 is 25.8 Å². The number of urea groups is 1. The molecule has 0 aliphatic heterocycles. The lowest BCUT2D eigenvalue weighted by molar-refractivity contribution is -0.223. The second-order valence-corrected chi connectivity index (χ2v) is 8.96. The molecule has 0 aromatic heterocycles. The topological polar surface area (TPSA) is 158 Å². The van der Waals surface area contributed by atoms with Crippen LogP contribution in [0.15, 0.2) is 0 Å². The van der Waals surface area contributed by atoms with E-state index in [0.717, 1.165) is 64.9 Å². The Bertz CT molecular complexity index is 594. The van der Waals surface area contributed by atoms with Gasteiger partial charge in [0.25, 0.3) is 7.82 Å². The van der Waals surface area contributed by atoms with Gasteiger partial charge >= 0.3 is 6.03 Å². The number of phosphoric acid groups is 1. The lowest BCUT2D eigenvalue weighted by atomic mass is 10.1. The van der Waals surface area contributed by atoms with Crippen LogP contribution in [0.5, 0.6) is 0 Å². The van der Waals surface area contributed by atoms with Crippen molar-refractivity contribution in [2.45, 2.75) is 91.5 Å². The Balaban J connectivity index is -0.00000480. The number of amides is 4. The molecular weight excluding hydrogens is 463 g/mol. The fourth-order valence-corrected chi connectivity index (χ4v) is 3.41. The van der Waals surface area contributed by atoms with Gasteiger partial charge < -0.3 is 35.2 Å². The maximum absolute atomic E-state index is 11.9. The first-order chi connectivity index (χ1) is 15.3. The van der Waals surface area contributed by atoms with Gasteiger partial charge in [-0.2, -0.15) is 0 Å². The summed E-state index contributed by atoms with van der Waals surface area (Å²) in [5.41, 5.74) is 0. The molecule has 204 valence electrons. The van der Waals surface area contributed by atoms with E-state index in [-0.39, 0.29) is 33.8 Å². The summed E-state index contributed by atoms with van der Waals surface area (Å²) in [6.07, 6.45) is 10.0. The highest BCUT2D eigenvalue weighted by atomic mass is 31.2. The van der Waals surface area contributed by atoms with E-state index in [1.165, 1.54) is 14.1 Å². The third-order valence-corrected chi connectivity index (χ3v) is 5.81. The van der Waals surface area contributed by atoms with Crippen LogP contribution in [0.25, 0.3) is 0 Å². The summed E-state index contributed by atoms with van der Waals surface area (Å²) in [4.78, 5) is 46.2. The third-order valence-electron chi connectivity index (χ3n) is 4.87. The Kier molecular flexibility index (Phi) is 25.0. The number of rotatable bonds is 19. The van der Waals surface area contributed by atoms with Gasteiger partial charge in [0.15, 0.2) is 0 Å². The molecular formula is C22H48N4O7P-. The summed E-state index contributed by atoms with van der Waals surface area (Å²) in [7, 11) is -0.0767. The zero-order valence-corrected chi connectivity index (χ0v) is 20.5. The molecule has 0 rings (SSSR count). The number of carbonyl (C=O) groups excluding carboxylic acids is 3. The molecule has 4 amide bonds. The van der Waals surface area contributed by atoms with Gasteiger partial charge in [0.2, 0.25) is 11.8 Å². The summed E-state index contributed by atoms with van der Waals surface area (Å²) in [6, 6.07) is -1.38. The molecule has 4 N–H and O–H groups in total. The molecule has 0 heterocycles. The minimum Gasteiger partial charge on any atom is -0.756 e. The third kappa shape index (κ3) is 20.9. The van der Waals surface area contributed by atoms with Gasteiger partial charge in [0.05, 0.1) is 13.0 Å². The maximum atomic E-state index is 11.9. The second-order valence-electron chi connectivity index (χ2n) is 7.44. The van der Waals surface area contributed by atoms with Gasteiger partial charge in [-0.1, -0.05) is 66.2 Å². The molecule has 12 heteroatoms.